The number of hydrogen-bond acceptors (Lipinski definition) is 1. The maximum atomic E-state index is 13.4. The maximum Gasteiger partial charge on any atom is 0.248 e. The van der Waals surface area contributed by atoms with Crippen molar-refractivity contribution < 1.29 is 13.9 Å². The Kier molecular flexibility index (Phi) is 4.30. The third kappa shape index (κ3) is 3.43. The van der Waals surface area contributed by atoms with Gasteiger partial charge in [-0.05, 0) is 43.4 Å². The van der Waals surface area contributed by atoms with Crippen LogP contribution in [-0.4, -0.2) is 17.1 Å². The average molecular weight is 260 g/mol. The Hall–Kier alpha value is -0.180. The summed E-state index contributed by atoms with van der Waals surface area (Å²) in [5, 5.41) is 10.4. The summed E-state index contributed by atoms with van der Waals surface area (Å²) >= 11 is 0. The molecule has 2 aliphatic rings. The van der Waals surface area contributed by atoms with E-state index in [4.69, 9.17) is 0 Å². The van der Waals surface area contributed by atoms with E-state index >= 15 is 0 Å². The minimum absolute atomic E-state index is 0.0137. The average Bonchev–Trinajstić information content (AvgIpc) is 2.28. The molecule has 2 atom stereocenters. The molecule has 18 heavy (non-hydrogen) atoms. The molecule has 2 aliphatic carbocycles. The van der Waals surface area contributed by atoms with Gasteiger partial charge in [0.1, 0.15) is 0 Å². The van der Waals surface area contributed by atoms with Gasteiger partial charge in [-0.3, -0.25) is 0 Å². The third-order valence-corrected chi connectivity index (χ3v) is 5.10. The van der Waals surface area contributed by atoms with Crippen molar-refractivity contribution in [2.24, 2.45) is 11.3 Å². The lowest BCUT2D eigenvalue weighted by atomic mass is 9.68. The van der Waals surface area contributed by atoms with Crippen LogP contribution in [0.25, 0.3) is 0 Å². The lowest BCUT2D eigenvalue weighted by Gasteiger charge is -2.40. The smallest absolute Gasteiger partial charge is 0.248 e. The fraction of sp³-hybridized carbons (Fsp3) is 1.00. The summed E-state index contributed by atoms with van der Waals surface area (Å²) in [6, 6.07) is 0. The number of hydrogen-bond donors (Lipinski definition) is 1. The molecule has 0 saturated heterocycles. The Bertz CT molecular complexity index is 272. The van der Waals surface area contributed by atoms with Gasteiger partial charge < -0.3 is 5.11 Å². The Morgan fingerprint density at radius 2 is 1.78 bits per heavy atom. The van der Waals surface area contributed by atoms with E-state index in [0.29, 0.717) is 12.8 Å². The highest BCUT2D eigenvalue weighted by Crippen LogP contribution is 2.44. The van der Waals surface area contributed by atoms with Crippen LogP contribution >= 0.6 is 0 Å². The first kappa shape index (κ1) is 14.2. The lowest BCUT2D eigenvalue weighted by Crippen LogP contribution is -2.37. The van der Waals surface area contributed by atoms with Gasteiger partial charge in [-0.1, -0.05) is 26.2 Å². The van der Waals surface area contributed by atoms with Crippen LogP contribution in [0.1, 0.15) is 71.1 Å². The van der Waals surface area contributed by atoms with Crippen LogP contribution in [0.5, 0.6) is 0 Å². The fourth-order valence-electron chi connectivity index (χ4n) is 3.77. The molecule has 0 bridgehead atoms. The third-order valence-electron chi connectivity index (χ3n) is 5.10. The van der Waals surface area contributed by atoms with Gasteiger partial charge in [-0.25, -0.2) is 8.78 Å². The second kappa shape index (κ2) is 5.44. The van der Waals surface area contributed by atoms with E-state index < -0.39 is 12.0 Å². The van der Waals surface area contributed by atoms with Crippen LogP contribution in [0.15, 0.2) is 0 Å². The van der Waals surface area contributed by atoms with Gasteiger partial charge in [-0.15, -0.1) is 0 Å². The van der Waals surface area contributed by atoms with Crippen molar-refractivity contribution in [3.63, 3.8) is 0 Å². The molecule has 1 nitrogen and oxygen atoms in total. The monoisotopic (exact) mass is 260 g/mol. The van der Waals surface area contributed by atoms with Gasteiger partial charge in [0.2, 0.25) is 5.92 Å². The van der Waals surface area contributed by atoms with Gasteiger partial charge >= 0.3 is 0 Å². The van der Waals surface area contributed by atoms with Crippen molar-refractivity contribution in [2.45, 2.75) is 83.2 Å². The Balaban J connectivity index is 1.88. The second-order valence-corrected chi connectivity index (χ2v) is 6.78. The van der Waals surface area contributed by atoms with Crippen LogP contribution in [0, 0.1) is 11.3 Å². The molecule has 2 unspecified atom stereocenters. The summed E-state index contributed by atoms with van der Waals surface area (Å²) in [4.78, 5) is 0. The van der Waals surface area contributed by atoms with Gasteiger partial charge in [0.05, 0.1) is 6.10 Å². The van der Waals surface area contributed by atoms with Crippen molar-refractivity contribution in [3.8, 4) is 0 Å². The van der Waals surface area contributed by atoms with E-state index in [0.717, 1.165) is 19.3 Å². The molecule has 0 amide bonds. The zero-order valence-corrected chi connectivity index (χ0v) is 11.4. The minimum atomic E-state index is -2.49. The van der Waals surface area contributed by atoms with Crippen molar-refractivity contribution in [3.05, 3.63) is 0 Å². The number of alkyl halides is 2. The molecule has 0 spiro atoms. The summed E-state index contributed by atoms with van der Waals surface area (Å²) in [6.45, 7) is 2.14. The standard InChI is InChI=1S/C15H26F2O/c1-14(7-3-2-4-8-14)13(18)10-12-6-5-9-15(16,17)11-12/h12-13,18H,2-11H2,1H3. The zero-order valence-electron chi connectivity index (χ0n) is 11.4. The highest BCUT2D eigenvalue weighted by Gasteiger charge is 2.40. The van der Waals surface area contributed by atoms with Crippen LogP contribution in [0.4, 0.5) is 8.78 Å². The first-order valence-corrected chi connectivity index (χ1v) is 7.47. The predicted octanol–water partition coefficient (Wildman–Crippen LogP) is 4.53. The van der Waals surface area contributed by atoms with Crippen molar-refractivity contribution >= 4 is 0 Å². The summed E-state index contributed by atoms with van der Waals surface area (Å²) in [5.74, 6) is -2.47. The molecule has 0 aromatic carbocycles. The summed E-state index contributed by atoms with van der Waals surface area (Å²) < 4.78 is 26.7. The highest BCUT2D eigenvalue weighted by molar-refractivity contribution is 4.88. The Labute approximate surface area is 109 Å². The quantitative estimate of drug-likeness (QED) is 0.790. The van der Waals surface area contributed by atoms with E-state index in [1.165, 1.54) is 19.3 Å². The van der Waals surface area contributed by atoms with Crippen LogP contribution in [0.3, 0.4) is 0 Å². The van der Waals surface area contributed by atoms with Gasteiger partial charge in [-0.2, -0.15) is 0 Å². The van der Waals surface area contributed by atoms with E-state index in [9.17, 15) is 13.9 Å². The molecule has 0 aromatic rings. The number of aliphatic hydroxyl groups is 1. The maximum absolute atomic E-state index is 13.4. The van der Waals surface area contributed by atoms with Crippen molar-refractivity contribution in [2.75, 3.05) is 0 Å². The zero-order chi connectivity index (χ0) is 13.2. The Morgan fingerprint density at radius 3 is 2.39 bits per heavy atom. The molecule has 0 heterocycles. The first-order valence-electron chi connectivity index (χ1n) is 7.47. The van der Waals surface area contributed by atoms with Crippen molar-refractivity contribution in [1.82, 2.24) is 0 Å². The first-order chi connectivity index (χ1) is 8.41. The summed E-state index contributed by atoms with van der Waals surface area (Å²) in [7, 11) is 0. The number of halogens is 2. The summed E-state index contributed by atoms with van der Waals surface area (Å²) in [5.41, 5.74) is -0.0228. The molecule has 1 N–H and O–H groups in total. The number of rotatable bonds is 3. The molecular formula is C15H26F2O. The van der Waals surface area contributed by atoms with Gasteiger partial charge in [0, 0.05) is 12.8 Å². The lowest BCUT2D eigenvalue weighted by molar-refractivity contribution is -0.0710. The summed E-state index contributed by atoms with van der Waals surface area (Å²) in [6.07, 6.45) is 7.39. The van der Waals surface area contributed by atoms with Crippen LogP contribution in [-0.2, 0) is 0 Å². The molecule has 2 fully saturated rings. The van der Waals surface area contributed by atoms with Crippen LogP contribution < -0.4 is 0 Å². The predicted molar refractivity (Wildman–Crippen MR) is 68.7 cm³/mol. The second-order valence-electron chi connectivity index (χ2n) is 6.78. The van der Waals surface area contributed by atoms with Crippen molar-refractivity contribution in [1.29, 1.82) is 0 Å². The molecular weight excluding hydrogens is 234 g/mol. The highest BCUT2D eigenvalue weighted by atomic mass is 19.3. The van der Waals surface area contributed by atoms with E-state index in [2.05, 4.69) is 6.92 Å². The molecule has 106 valence electrons. The molecule has 3 heteroatoms. The fourth-order valence-corrected chi connectivity index (χ4v) is 3.77. The minimum Gasteiger partial charge on any atom is -0.393 e. The molecule has 0 aromatic heterocycles. The Morgan fingerprint density at radius 1 is 1.11 bits per heavy atom. The molecule has 0 radical (unpaired) electrons. The molecule has 2 rings (SSSR count). The van der Waals surface area contributed by atoms with E-state index in [-0.39, 0.29) is 24.2 Å². The molecule has 0 aliphatic heterocycles. The van der Waals surface area contributed by atoms with Gasteiger partial charge in [0.15, 0.2) is 0 Å². The van der Waals surface area contributed by atoms with E-state index in [1.807, 2.05) is 0 Å². The van der Waals surface area contributed by atoms with Crippen LogP contribution in [0.2, 0.25) is 0 Å². The largest absolute Gasteiger partial charge is 0.393 e. The normalized spacial score (nSPS) is 33.0. The number of aliphatic hydroxyl groups excluding tert-OH is 1. The SMILES string of the molecule is CC1(C(O)CC2CCCC(F)(F)C2)CCCCC1. The molecule has 2 saturated carbocycles. The van der Waals surface area contributed by atoms with Gasteiger partial charge in [0.25, 0.3) is 0 Å². The topological polar surface area (TPSA) is 20.2 Å². The van der Waals surface area contributed by atoms with E-state index in [1.54, 1.807) is 0 Å².